The van der Waals surface area contributed by atoms with Gasteiger partial charge in [-0.25, -0.2) is 8.42 Å². The second kappa shape index (κ2) is 5.03. The summed E-state index contributed by atoms with van der Waals surface area (Å²) in [5.41, 5.74) is 0.413. The van der Waals surface area contributed by atoms with Gasteiger partial charge in [0.2, 0.25) is 0 Å². The van der Waals surface area contributed by atoms with Crippen molar-refractivity contribution in [2.45, 2.75) is 5.75 Å². The van der Waals surface area contributed by atoms with Gasteiger partial charge in [-0.15, -0.1) is 0 Å². The lowest BCUT2D eigenvalue weighted by Crippen LogP contribution is -2.16. The first-order valence-electron chi connectivity index (χ1n) is 4.16. The van der Waals surface area contributed by atoms with Crippen LogP contribution in [0.4, 0.5) is 0 Å². The number of hydrogen-bond acceptors (Lipinski definition) is 3. The Morgan fingerprint density at radius 2 is 1.88 bits per heavy atom. The van der Waals surface area contributed by atoms with Gasteiger partial charge >= 0.3 is 5.97 Å². The summed E-state index contributed by atoms with van der Waals surface area (Å²) in [6, 6.07) is 4.37. The van der Waals surface area contributed by atoms with Gasteiger partial charge in [0.25, 0.3) is 0 Å². The van der Waals surface area contributed by atoms with Crippen LogP contribution in [0.5, 0.6) is 0 Å². The third kappa shape index (κ3) is 4.00. The van der Waals surface area contributed by atoms with E-state index in [9.17, 15) is 13.2 Å². The van der Waals surface area contributed by atoms with Crippen LogP contribution in [0.3, 0.4) is 0 Å². The lowest BCUT2D eigenvalue weighted by atomic mass is 10.2. The van der Waals surface area contributed by atoms with Crippen LogP contribution in [0, 0.1) is 0 Å². The Morgan fingerprint density at radius 1 is 1.25 bits per heavy atom. The molecule has 1 aromatic rings. The summed E-state index contributed by atoms with van der Waals surface area (Å²) in [6.45, 7) is 0. The molecule has 0 saturated heterocycles. The molecule has 0 radical (unpaired) electrons. The highest BCUT2D eigenvalue weighted by molar-refractivity contribution is 7.91. The van der Waals surface area contributed by atoms with Crippen LogP contribution in [0.15, 0.2) is 18.2 Å². The number of benzene rings is 1. The predicted octanol–water partition coefficient (Wildman–Crippen LogP) is 1.99. The van der Waals surface area contributed by atoms with E-state index < -0.39 is 21.6 Å². The first-order chi connectivity index (χ1) is 7.30. The van der Waals surface area contributed by atoms with E-state index in [-0.39, 0.29) is 10.8 Å². The molecular weight excluding hydrogens is 275 g/mol. The molecule has 0 bridgehead atoms. The number of halogens is 2. The molecule has 7 heteroatoms. The van der Waals surface area contributed by atoms with Crippen molar-refractivity contribution in [3.8, 4) is 0 Å². The van der Waals surface area contributed by atoms with Crippen LogP contribution in [0.2, 0.25) is 10.0 Å². The molecule has 0 amide bonds. The molecule has 0 fully saturated rings. The summed E-state index contributed by atoms with van der Waals surface area (Å²) in [6.07, 6.45) is 0. The lowest BCUT2D eigenvalue weighted by molar-refractivity contribution is -0.134. The summed E-state index contributed by atoms with van der Waals surface area (Å²) in [4.78, 5) is 10.3. The Bertz CT molecular complexity index is 510. The quantitative estimate of drug-likeness (QED) is 0.917. The van der Waals surface area contributed by atoms with Crippen molar-refractivity contribution in [2.24, 2.45) is 0 Å². The molecule has 0 saturated carbocycles. The second-order valence-electron chi connectivity index (χ2n) is 3.17. The van der Waals surface area contributed by atoms with Crippen LogP contribution >= 0.6 is 23.2 Å². The van der Waals surface area contributed by atoms with Gasteiger partial charge in [0.15, 0.2) is 9.84 Å². The Morgan fingerprint density at radius 3 is 2.38 bits per heavy atom. The number of sulfone groups is 1. The van der Waals surface area contributed by atoms with E-state index in [4.69, 9.17) is 28.3 Å². The highest BCUT2D eigenvalue weighted by Crippen LogP contribution is 2.23. The molecular formula is C9H8Cl2O4S. The van der Waals surface area contributed by atoms with Crippen molar-refractivity contribution in [3.63, 3.8) is 0 Å². The van der Waals surface area contributed by atoms with Gasteiger partial charge in [0, 0.05) is 0 Å². The number of rotatable bonds is 4. The smallest absolute Gasteiger partial charge is 0.318 e. The number of aliphatic carboxylic acids is 1. The molecule has 0 spiro atoms. The molecule has 88 valence electrons. The first-order valence-corrected chi connectivity index (χ1v) is 6.74. The maximum atomic E-state index is 11.3. The molecule has 1 aromatic carbocycles. The molecule has 0 unspecified atom stereocenters. The van der Waals surface area contributed by atoms with Gasteiger partial charge in [0.05, 0.1) is 15.8 Å². The second-order valence-corrected chi connectivity index (χ2v) is 6.05. The summed E-state index contributed by atoms with van der Waals surface area (Å²) in [5, 5.41) is 8.96. The van der Waals surface area contributed by atoms with Gasteiger partial charge in [-0.3, -0.25) is 4.79 Å². The van der Waals surface area contributed by atoms with Gasteiger partial charge in [-0.2, -0.15) is 0 Å². The molecule has 4 nitrogen and oxygen atoms in total. The molecule has 0 aliphatic carbocycles. The molecule has 0 aliphatic heterocycles. The zero-order valence-electron chi connectivity index (χ0n) is 7.98. The first kappa shape index (κ1) is 13.3. The van der Waals surface area contributed by atoms with E-state index in [1.54, 1.807) is 0 Å². The molecule has 0 heterocycles. The Labute approximate surface area is 103 Å². The van der Waals surface area contributed by atoms with E-state index in [0.717, 1.165) is 0 Å². The van der Waals surface area contributed by atoms with Crippen molar-refractivity contribution < 1.29 is 18.3 Å². The number of carboxylic acid groups (broad SMARTS) is 1. The standard InChI is InChI=1S/C9H8Cl2O4S/c10-7-2-1-6(3-8(7)11)4-16(14,15)5-9(12)13/h1-3H,4-5H2,(H,12,13). The summed E-state index contributed by atoms with van der Waals surface area (Å²) < 4.78 is 22.7. The van der Waals surface area contributed by atoms with E-state index in [0.29, 0.717) is 10.6 Å². The van der Waals surface area contributed by atoms with Crippen LogP contribution in [0.1, 0.15) is 5.56 Å². The van der Waals surface area contributed by atoms with Crippen molar-refractivity contribution in [1.82, 2.24) is 0 Å². The summed E-state index contributed by atoms with van der Waals surface area (Å²) >= 11 is 11.4. The van der Waals surface area contributed by atoms with E-state index in [1.807, 2.05) is 0 Å². The highest BCUT2D eigenvalue weighted by Gasteiger charge is 2.17. The minimum absolute atomic E-state index is 0.240. The Kier molecular flexibility index (Phi) is 4.18. The zero-order valence-corrected chi connectivity index (χ0v) is 10.3. The van der Waals surface area contributed by atoms with Crippen molar-refractivity contribution in [1.29, 1.82) is 0 Å². The number of hydrogen-bond donors (Lipinski definition) is 1. The van der Waals surface area contributed by atoms with Gasteiger partial charge < -0.3 is 5.11 Å². The Balaban J connectivity index is 2.88. The molecule has 0 aliphatic rings. The van der Waals surface area contributed by atoms with E-state index in [2.05, 4.69) is 0 Å². The van der Waals surface area contributed by atoms with Crippen LogP contribution in [-0.4, -0.2) is 25.2 Å². The van der Waals surface area contributed by atoms with Gasteiger partial charge in [-0.05, 0) is 17.7 Å². The van der Waals surface area contributed by atoms with Crippen LogP contribution in [-0.2, 0) is 20.4 Å². The predicted molar refractivity (Wildman–Crippen MR) is 61.6 cm³/mol. The van der Waals surface area contributed by atoms with E-state index >= 15 is 0 Å². The van der Waals surface area contributed by atoms with Crippen molar-refractivity contribution in [3.05, 3.63) is 33.8 Å². The van der Waals surface area contributed by atoms with Crippen LogP contribution in [0.25, 0.3) is 0 Å². The largest absolute Gasteiger partial charge is 0.480 e. The average Bonchev–Trinajstić information content (AvgIpc) is 2.08. The average molecular weight is 283 g/mol. The monoisotopic (exact) mass is 282 g/mol. The van der Waals surface area contributed by atoms with Crippen molar-refractivity contribution >= 4 is 39.0 Å². The van der Waals surface area contributed by atoms with Crippen LogP contribution < -0.4 is 0 Å². The Hall–Kier alpha value is -0.780. The molecule has 0 atom stereocenters. The molecule has 1 rings (SSSR count). The molecule has 0 aromatic heterocycles. The minimum Gasteiger partial charge on any atom is -0.480 e. The number of carbonyl (C=O) groups is 1. The summed E-state index contributed by atoms with van der Waals surface area (Å²) in [5.74, 6) is -2.64. The fraction of sp³-hybridized carbons (Fsp3) is 0.222. The lowest BCUT2D eigenvalue weighted by Gasteiger charge is -2.03. The highest BCUT2D eigenvalue weighted by atomic mass is 35.5. The fourth-order valence-corrected chi connectivity index (χ4v) is 2.61. The van der Waals surface area contributed by atoms with Crippen molar-refractivity contribution in [2.75, 3.05) is 5.75 Å². The third-order valence-corrected chi connectivity index (χ3v) is 3.91. The van der Waals surface area contributed by atoms with E-state index in [1.165, 1.54) is 18.2 Å². The molecule has 16 heavy (non-hydrogen) atoms. The summed E-state index contributed by atoms with van der Waals surface area (Å²) in [7, 11) is -3.66. The third-order valence-electron chi connectivity index (χ3n) is 1.71. The number of carboxylic acids is 1. The molecule has 1 N–H and O–H groups in total. The maximum Gasteiger partial charge on any atom is 0.318 e. The topological polar surface area (TPSA) is 71.4 Å². The van der Waals surface area contributed by atoms with Gasteiger partial charge in [-0.1, -0.05) is 29.3 Å². The SMILES string of the molecule is O=C(O)CS(=O)(=O)Cc1ccc(Cl)c(Cl)c1. The normalized spacial score (nSPS) is 11.4. The van der Waals surface area contributed by atoms with Gasteiger partial charge in [0.1, 0.15) is 5.75 Å². The maximum absolute atomic E-state index is 11.3. The minimum atomic E-state index is -3.66. The zero-order chi connectivity index (χ0) is 12.3. The fourth-order valence-electron chi connectivity index (χ4n) is 1.12.